The summed E-state index contributed by atoms with van der Waals surface area (Å²) in [6, 6.07) is 17.8. The van der Waals surface area contributed by atoms with E-state index in [1.165, 1.54) is 22.5 Å². The number of halogens is 1. The van der Waals surface area contributed by atoms with E-state index in [1.54, 1.807) is 0 Å². The second-order valence-electron chi connectivity index (χ2n) is 5.46. The van der Waals surface area contributed by atoms with Crippen molar-refractivity contribution in [3.63, 3.8) is 0 Å². The first kappa shape index (κ1) is 14.9. The first-order valence-corrected chi connectivity index (χ1v) is 6.83. The van der Waals surface area contributed by atoms with E-state index in [0.29, 0.717) is 6.04 Å². The molecule has 1 N–H and O–H groups in total. The molecule has 0 amide bonds. The first-order valence-electron chi connectivity index (χ1n) is 6.83. The van der Waals surface area contributed by atoms with Crippen LogP contribution in [0.1, 0.15) is 11.1 Å². The first-order chi connectivity index (χ1) is 9.24. The van der Waals surface area contributed by atoms with Gasteiger partial charge < -0.3 is 10.2 Å². The molecule has 0 radical (unpaired) electrons. The number of nitrogens with zero attached hydrogens (tertiary/aromatic N) is 1. The maximum absolute atomic E-state index is 3.58. The molecule has 0 aromatic heterocycles. The Morgan fingerprint density at radius 1 is 0.850 bits per heavy atom. The van der Waals surface area contributed by atoms with E-state index in [-0.39, 0.29) is 12.4 Å². The van der Waals surface area contributed by atoms with Crippen LogP contribution in [0.25, 0.3) is 0 Å². The average Bonchev–Trinajstić information content (AvgIpc) is 2.38. The Bertz CT molecular complexity index is 533. The molecule has 3 rings (SSSR count). The zero-order chi connectivity index (χ0) is 13.2. The molecule has 2 nitrogen and oxygen atoms in total. The number of para-hydroxylation sites is 2. The summed E-state index contributed by atoms with van der Waals surface area (Å²) in [5, 5.41) is 3.58. The lowest BCUT2D eigenvalue weighted by Gasteiger charge is -2.29. The van der Waals surface area contributed by atoms with Crippen molar-refractivity contribution < 1.29 is 0 Å². The van der Waals surface area contributed by atoms with Crippen LogP contribution in [-0.2, 0) is 12.8 Å². The van der Waals surface area contributed by atoms with Crippen molar-refractivity contribution in [2.45, 2.75) is 18.9 Å². The third kappa shape index (κ3) is 2.97. The lowest BCUT2D eigenvalue weighted by molar-refractivity contribution is 0.289. The van der Waals surface area contributed by atoms with E-state index in [0.717, 1.165) is 12.8 Å². The van der Waals surface area contributed by atoms with Crippen LogP contribution in [0.4, 0.5) is 11.4 Å². The summed E-state index contributed by atoms with van der Waals surface area (Å²) < 4.78 is 0. The van der Waals surface area contributed by atoms with Crippen molar-refractivity contribution in [1.29, 1.82) is 0 Å². The van der Waals surface area contributed by atoms with Crippen LogP contribution in [0, 0.1) is 0 Å². The quantitative estimate of drug-likeness (QED) is 0.857. The van der Waals surface area contributed by atoms with Crippen LogP contribution < -0.4 is 5.32 Å². The van der Waals surface area contributed by atoms with Crippen LogP contribution in [0.5, 0.6) is 0 Å². The molecule has 3 heteroatoms. The van der Waals surface area contributed by atoms with E-state index >= 15 is 0 Å². The minimum atomic E-state index is 0. The second kappa shape index (κ2) is 6.29. The SMILES string of the molecule is CN(C)C1Cc2ccccc2Nc2ccccc2C1.Cl. The third-order valence-corrected chi connectivity index (χ3v) is 3.95. The number of nitrogens with one attached hydrogen (secondary N) is 1. The van der Waals surface area contributed by atoms with Crippen molar-refractivity contribution in [2.24, 2.45) is 0 Å². The molecule has 0 bridgehead atoms. The summed E-state index contributed by atoms with van der Waals surface area (Å²) >= 11 is 0. The summed E-state index contributed by atoms with van der Waals surface area (Å²) in [4.78, 5) is 2.33. The predicted molar refractivity (Wildman–Crippen MR) is 88.3 cm³/mol. The molecule has 20 heavy (non-hydrogen) atoms. The Labute approximate surface area is 127 Å². The van der Waals surface area contributed by atoms with Gasteiger partial charge in [-0.15, -0.1) is 12.4 Å². The van der Waals surface area contributed by atoms with Gasteiger partial charge in [0.25, 0.3) is 0 Å². The molecule has 0 unspecified atom stereocenters. The lowest BCUT2D eigenvalue weighted by Crippen LogP contribution is -2.33. The van der Waals surface area contributed by atoms with Gasteiger partial charge in [-0.3, -0.25) is 0 Å². The molecule has 0 aliphatic carbocycles. The molecule has 1 heterocycles. The highest BCUT2D eigenvalue weighted by Crippen LogP contribution is 2.29. The van der Waals surface area contributed by atoms with E-state index in [4.69, 9.17) is 0 Å². The van der Waals surface area contributed by atoms with Gasteiger partial charge in [-0.05, 0) is 50.2 Å². The second-order valence-corrected chi connectivity index (χ2v) is 5.46. The molecule has 2 aromatic carbocycles. The third-order valence-electron chi connectivity index (χ3n) is 3.95. The largest absolute Gasteiger partial charge is 0.355 e. The number of hydrogen-bond donors (Lipinski definition) is 1. The highest BCUT2D eigenvalue weighted by Gasteiger charge is 2.19. The van der Waals surface area contributed by atoms with Crippen LogP contribution in [-0.4, -0.2) is 25.0 Å². The smallest absolute Gasteiger partial charge is 0.0417 e. The Kier molecular flexibility index (Phi) is 4.69. The molecule has 1 aliphatic rings. The van der Waals surface area contributed by atoms with Crippen molar-refractivity contribution in [3.8, 4) is 0 Å². The minimum Gasteiger partial charge on any atom is -0.355 e. The fraction of sp³-hybridized carbons (Fsp3) is 0.294. The van der Waals surface area contributed by atoms with Gasteiger partial charge in [-0.1, -0.05) is 36.4 Å². The predicted octanol–water partition coefficient (Wildman–Crippen LogP) is 3.88. The summed E-state index contributed by atoms with van der Waals surface area (Å²) in [6.07, 6.45) is 2.18. The molecule has 0 saturated carbocycles. The van der Waals surface area contributed by atoms with E-state index in [2.05, 4.69) is 72.8 Å². The van der Waals surface area contributed by atoms with Crippen molar-refractivity contribution in [3.05, 3.63) is 59.7 Å². The fourth-order valence-corrected chi connectivity index (χ4v) is 2.73. The van der Waals surface area contributed by atoms with Gasteiger partial charge in [0.15, 0.2) is 0 Å². The van der Waals surface area contributed by atoms with Gasteiger partial charge in [-0.2, -0.15) is 0 Å². The molecular weight excluding hydrogens is 268 g/mol. The number of benzene rings is 2. The molecule has 1 aliphatic heterocycles. The number of hydrogen-bond acceptors (Lipinski definition) is 2. The molecule has 2 aromatic rings. The van der Waals surface area contributed by atoms with E-state index in [9.17, 15) is 0 Å². The Morgan fingerprint density at radius 3 is 1.75 bits per heavy atom. The fourth-order valence-electron chi connectivity index (χ4n) is 2.73. The Hall–Kier alpha value is -1.51. The average molecular weight is 289 g/mol. The van der Waals surface area contributed by atoms with Gasteiger partial charge in [0.2, 0.25) is 0 Å². The number of rotatable bonds is 1. The van der Waals surface area contributed by atoms with Gasteiger partial charge in [0.05, 0.1) is 0 Å². The Balaban J connectivity index is 0.00000147. The van der Waals surface area contributed by atoms with Crippen molar-refractivity contribution >= 4 is 23.8 Å². The summed E-state index contributed by atoms with van der Waals surface area (Å²) in [5.41, 5.74) is 5.27. The van der Waals surface area contributed by atoms with E-state index < -0.39 is 0 Å². The number of likely N-dealkylation sites (N-methyl/N-ethyl adjacent to an activating group) is 1. The van der Waals surface area contributed by atoms with Crippen molar-refractivity contribution in [2.75, 3.05) is 19.4 Å². The van der Waals surface area contributed by atoms with Gasteiger partial charge in [-0.25, -0.2) is 0 Å². The zero-order valence-corrected chi connectivity index (χ0v) is 12.8. The number of fused-ring (bicyclic) bond motifs is 2. The number of anilines is 2. The molecule has 0 fully saturated rings. The molecule has 0 spiro atoms. The van der Waals surface area contributed by atoms with E-state index in [1.807, 2.05) is 0 Å². The van der Waals surface area contributed by atoms with Crippen LogP contribution in [0.15, 0.2) is 48.5 Å². The summed E-state index contributed by atoms with van der Waals surface area (Å²) in [6.45, 7) is 0. The standard InChI is InChI=1S/C17H20N2.ClH/c1-19(2)15-11-13-7-3-5-9-16(13)18-17-10-6-4-8-14(17)12-15;/h3-10,15,18H,11-12H2,1-2H3;1H. The Morgan fingerprint density at radius 2 is 1.30 bits per heavy atom. The maximum atomic E-state index is 3.58. The summed E-state index contributed by atoms with van der Waals surface area (Å²) in [5.74, 6) is 0. The molecule has 0 saturated heterocycles. The van der Waals surface area contributed by atoms with Gasteiger partial charge in [0.1, 0.15) is 0 Å². The highest BCUT2D eigenvalue weighted by atomic mass is 35.5. The van der Waals surface area contributed by atoms with Crippen LogP contribution in [0.3, 0.4) is 0 Å². The monoisotopic (exact) mass is 288 g/mol. The topological polar surface area (TPSA) is 15.3 Å². The lowest BCUT2D eigenvalue weighted by atomic mass is 9.94. The van der Waals surface area contributed by atoms with Gasteiger partial charge >= 0.3 is 0 Å². The normalized spacial score (nSPS) is 14.3. The molecular formula is C17H21ClN2. The van der Waals surface area contributed by atoms with Gasteiger partial charge in [0, 0.05) is 17.4 Å². The minimum absolute atomic E-state index is 0. The highest BCUT2D eigenvalue weighted by molar-refractivity contribution is 5.85. The molecule has 106 valence electrons. The molecule has 0 atom stereocenters. The van der Waals surface area contributed by atoms with Crippen LogP contribution in [0.2, 0.25) is 0 Å². The summed E-state index contributed by atoms with van der Waals surface area (Å²) in [7, 11) is 4.34. The zero-order valence-electron chi connectivity index (χ0n) is 12.0. The van der Waals surface area contributed by atoms with Crippen LogP contribution >= 0.6 is 12.4 Å². The maximum Gasteiger partial charge on any atom is 0.0417 e. The van der Waals surface area contributed by atoms with Crippen molar-refractivity contribution in [1.82, 2.24) is 4.90 Å².